The number of benzene rings is 10. The summed E-state index contributed by atoms with van der Waals surface area (Å²) >= 11 is 3.67. The molecule has 5 heterocycles. The van der Waals surface area contributed by atoms with E-state index in [2.05, 4.69) is 203 Å². The maximum atomic E-state index is 9.60. The second kappa shape index (κ2) is 21.1. The normalized spacial score (nSPS) is 11.5. The molecule has 0 spiro atoms. The van der Waals surface area contributed by atoms with Crippen LogP contribution in [-0.4, -0.2) is 14.5 Å². The van der Waals surface area contributed by atoms with E-state index >= 15 is 0 Å². The van der Waals surface area contributed by atoms with E-state index in [9.17, 15) is 5.26 Å². The third-order valence-corrected chi connectivity index (χ3v) is 16.2. The predicted molar refractivity (Wildman–Crippen MR) is 340 cm³/mol. The zero-order valence-corrected chi connectivity index (χ0v) is 46.8. The summed E-state index contributed by atoms with van der Waals surface area (Å²) < 4.78 is 15.4. The second-order valence-corrected chi connectivity index (χ2v) is 21.9. The molecule has 15 aromatic rings. The number of hydrogen-bond donors (Lipinski definition) is 0. The van der Waals surface area contributed by atoms with Crippen molar-refractivity contribution < 1.29 is 8.83 Å². The molecule has 0 bridgehead atoms. The van der Waals surface area contributed by atoms with Crippen molar-refractivity contribution in [3.05, 3.63) is 281 Å². The number of nitrogens with zero attached hydrogens (tertiary/aromatic N) is 5. The Morgan fingerprint density at radius 3 is 1.55 bits per heavy atom. The number of para-hydroxylation sites is 3. The number of aryl methyl sites for hydroxylation is 2. The molecule has 0 aliphatic heterocycles. The average molecular weight is 1130 g/mol. The van der Waals surface area contributed by atoms with Crippen LogP contribution in [0.4, 0.5) is 0 Å². The average Bonchev–Trinajstić information content (AvgIpc) is 3.80. The number of rotatable bonds is 5. The largest absolute Gasteiger partial charge is 0.456 e. The van der Waals surface area contributed by atoms with Gasteiger partial charge in [-0.1, -0.05) is 125 Å². The van der Waals surface area contributed by atoms with Crippen molar-refractivity contribution in [3.8, 4) is 73.7 Å². The SMILES string of the molecule is Cc1cccnc1-c1cc(-c2ccc3oc4ccccc4c3c2)cc(-n2c3ccccc3c3cc(C#N)ccc32)c1.Cc1cccnc1-c1cc(Br)cc(-c2ccc3oc4ccccc4c3c2)c1.N#Cc1ccc2c(c1)-c1ccccc1C2. The van der Waals surface area contributed by atoms with Gasteiger partial charge in [0.25, 0.3) is 0 Å². The van der Waals surface area contributed by atoms with E-state index in [4.69, 9.17) is 19.1 Å². The number of aromatic nitrogens is 3. The highest BCUT2D eigenvalue weighted by Gasteiger charge is 2.20. The summed E-state index contributed by atoms with van der Waals surface area (Å²) in [6.07, 6.45) is 4.69. The van der Waals surface area contributed by atoms with Crippen molar-refractivity contribution in [3.63, 3.8) is 0 Å². The van der Waals surface area contributed by atoms with Crippen LogP contribution >= 0.6 is 15.9 Å². The van der Waals surface area contributed by atoms with Gasteiger partial charge in [-0.15, -0.1) is 0 Å². The molecule has 0 fully saturated rings. The molecule has 5 aromatic heterocycles. The number of pyridine rings is 2. The van der Waals surface area contributed by atoms with Gasteiger partial charge >= 0.3 is 0 Å². The Kier molecular flexibility index (Phi) is 12.9. The Bertz CT molecular complexity index is 5170. The maximum absolute atomic E-state index is 9.60. The first-order chi connectivity index (χ1) is 40.7. The zero-order valence-electron chi connectivity index (χ0n) is 45.2. The van der Waals surface area contributed by atoms with E-state index in [1.807, 2.05) is 91.3 Å². The minimum atomic E-state index is 0.652. The molecule has 8 heteroatoms. The van der Waals surface area contributed by atoms with Crippen molar-refractivity contribution in [1.29, 1.82) is 10.5 Å². The lowest BCUT2D eigenvalue weighted by Gasteiger charge is -2.14. The fourth-order valence-electron chi connectivity index (χ4n) is 11.8. The van der Waals surface area contributed by atoms with Crippen LogP contribution in [0.3, 0.4) is 0 Å². The molecule has 1 aliphatic rings. The fraction of sp³-hybridized carbons (Fsp3) is 0.0400. The Labute approximate surface area is 487 Å². The Balaban J connectivity index is 0.000000125. The number of hydrogen-bond acceptors (Lipinski definition) is 6. The van der Waals surface area contributed by atoms with Crippen molar-refractivity contribution in [2.24, 2.45) is 0 Å². The van der Waals surface area contributed by atoms with E-state index < -0.39 is 0 Å². The molecule has 0 saturated heterocycles. The van der Waals surface area contributed by atoms with Crippen LogP contribution in [-0.2, 0) is 6.42 Å². The lowest BCUT2D eigenvalue weighted by Crippen LogP contribution is -1.97. The number of halogens is 1. The summed E-state index contributed by atoms with van der Waals surface area (Å²) in [5.74, 6) is 0. The highest BCUT2D eigenvalue weighted by atomic mass is 79.9. The molecular weight excluding hydrogens is 1080 g/mol. The van der Waals surface area contributed by atoms with Crippen LogP contribution in [0.5, 0.6) is 0 Å². The van der Waals surface area contributed by atoms with Gasteiger partial charge in [0.05, 0.1) is 45.7 Å². The predicted octanol–water partition coefficient (Wildman–Crippen LogP) is 20.1. The van der Waals surface area contributed by atoms with Crippen LogP contribution in [0.15, 0.2) is 256 Å². The smallest absolute Gasteiger partial charge is 0.135 e. The highest BCUT2D eigenvalue weighted by molar-refractivity contribution is 9.10. The van der Waals surface area contributed by atoms with Crippen LogP contribution in [0.1, 0.15) is 33.4 Å². The maximum Gasteiger partial charge on any atom is 0.135 e. The van der Waals surface area contributed by atoms with E-state index in [-0.39, 0.29) is 0 Å². The van der Waals surface area contributed by atoms with Gasteiger partial charge in [0.1, 0.15) is 22.3 Å². The van der Waals surface area contributed by atoms with Crippen molar-refractivity contribution >= 4 is 81.6 Å². The molecule has 0 radical (unpaired) electrons. The van der Waals surface area contributed by atoms with Gasteiger partial charge in [0.15, 0.2) is 0 Å². The van der Waals surface area contributed by atoms with E-state index in [0.717, 1.165) is 144 Å². The third kappa shape index (κ3) is 9.37. The summed E-state index contributed by atoms with van der Waals surface area (Å²) in [5, 5.41) is 25.1. The molecule has 0 amide bonds. The van der Waals surface area contributed by atoms with Crippen molar-refractivity contribution in [2.75, 3.05) is 0 Å². The van der Waals surface area contributed by atoms with E-state index in [1.54, 1.807) is 0 Å². The van der Waals surface area contributed by atoms with Gasteiger partial charge in [0.2, 0.25) is 0 Å². The van der Waals surface area contributed by atoms with Crippen molar-refractivity contribution in [1.82, 2.24) is 14.5 Å². The van der Waals surface area contributed by atoms with Crippen molar-refractivity contribution in [2.45, 2.75) is 20.3 Å². The monoisotopic (exact) mass is 1130 g/mol. The minimum absolute atomic E-state index is 0.652. The van der Waals surface area contributed by atoms with Crippen LogP contribution in [0, 0.1) is 36.5 Å². The first kappa shape index (κ1) is 50.6. The number of furan rings is 2. The summed E-state index contributed by atoms with van der Waals surface area (Å²) in [4.78, 5) is 9.35. The molecule has 83 heavy (non-hydrogen) atoms. The van der Waals surface area contributed by atoms with E-state index in [1.165, 1.54) is 22.3 Å². The molecule has 392 valence electrons. The van der Waals surface area contributed by atoms with Gasteiger partial charge in [-0.25, -0.2) is 0 Å². The molecule has 1 aliphatic carbocycles. The van der Waals surface area contributed by atoms with Gasteiger partial charge in [-0.05, 0) is 197 Å². The second-order valence-electron chi connectivity index (χ2n) is 21.0. The van der Waals surface area contributed by atoms with Gasteiger partial charge < -0.3 is 13.4 Å². The van der Waals surface area contributed by atoms with E-state index in [0.29, 0.717) is 5.56 Å². The van der Waals surface area contributed by atoms with Gasteiger partial charge in [-0.3, -0.25) is 9.97 Å². The topological polar surface area (TPSA) is 105 Å². The molecular formula is C75H48BrN5O2. The molecule has 16 rings (SSSR count). The van der Waals surface area contributed by atoms with Crippen LogP contribution < -0.4 is 0 Å². The van der Waals surface area contributed by atoms with Gasteiger partial charge in [-0.2, -0.15) is 10.5 Å². The summed E-state index contributed by atoms with van der Waals surface area (Å²) in [6, 6.07) is 83.5. The zero-order chi connectivity index (χ0) is 56.1. The third-order valence-electron chi connectivity index (χ3n) is 15.8. The fourth-order valence-corrected chi connectivity index (χ4v) is 12.3. The quantitative estimate of drug-likeness (QED) is 0.170. The standard InChI is InChI=1S/C37H23N3O.C24H16BrNO.C14H9N/c1-23-7-6-16-39-37(23)27-18-26(25-13-15-36-32(21-25)30-9-3-5-11-35(30)41-36)19-28(20-27)40-33-10-4-2-8-29(33)31-17-24(22-38)12-14-34(31)40;1-15-5-4-10-26-24(15)18-11-17(12-19(25)13-18)16-8-9-23-21(14-16)20-6-2-3-7-22(20)27-23;15-9-10-5-6-12-8-11-3-1-2-4-13(11)14(12)7-10/h2-21H,1H3;2-14H,1H3;1-7H,8H2. The highest BCUT2D eigenvalue weighted by Crippen LogP contribution is 2.41. The lowest BCUT2D eigenvalue weighted by molar-refractivity contribution is 0.668. The molecule has 7 nitrogen and oxygen atoms in total. The molecule has 10 aromatic carbocycles. The summed E-state index contributed by atoms with van der Waals surface area (Å²) in [7, 11) is 0. The molecule has 0 saturated carbocycles. The summed E-state index contributed by atoms with van der Waals surface area (Å²) in [6.45, 7) is 4.19. The Morgan fingerprint density at radius 2 is 0.904 bits per heavy atom. The Hall–Kier alpha value is -10.6. The summed E-state index contributed by atoms with van der Waals surface area (Å²) in [5.41, 5.74) is 24.3. The number of nitriles is 2. The first-order valence-corrected chi connectivity index (χ1v) is 28.2. The van der Waals surface area contributed by atoms with Crippen LogP contribution in [0.25, 0.3) is 127 Å². The first-order valence-electron chi connectivity index (χ1n) is 27.4. The molecule has 0 unspecified atom stereocenters. The lowest BCUT2D eigenvalue weighted by atomic mass is 9.97. The number of fused-ring (bicyclic) bond motifs is 12. The Morgan fingerprint density at radius 1 is 0.398 bits per heavy atom. The molecule has 0 N–H and O–H groups in total. The molecule has 0 atom stereocenters. The minimum Gasteiger partial charge on any atom is -0.456 e. The van der Waals surface area contributed by atoms with Gasteiger partial charge in [0, 0.05) is 66.0 Å². The van der Waals surface area contributed by atoms with Crippen LogP contribution in [0.2, 0.25) is 0 Å².